The van der Waals surface area contributed by atoms with Crippen molar-refractivity contribution in [2.45, 2.75) is 25.4 Å². The summed E-state index contributed by atoms with van der Waals surface area (Å²) in [5, 5.41) is 12.4. The maximum Gasteiger partial charge on any atom is 0.304 e. The molecule has 114 valence electrons. The highest BCUT2D eigenvalue weighted by atomic mass is 35.5. The van der Waals surface area contributed by atoms with Crippen molar-refractivity contribution in [1.82, 2.24) is 0 Å². The van der Waals surface area contributed by atoms with Gasteiger partial charge in [-0.25, -0.2) is 0 Å². The van der Waals surface area contributed by atoms with Crippen molar-refractivity contribution >= 4 is 40.8 Å². The lowest BCUT2D eigenvalue weighted by atomic mass is 9.95. The summed E-state index contributed by atoms with van der Waals surface area (Å²) in [5.74, 6) is -2.21. The van der Waals surface area contributed by atoms with Crippen LogP contribution in [-0.4, -0.2) is 29.7 Å². The van der Waals surface area contributed by atoms with Crippen molar-refractivity contribution < 1.29 is 19.4 Å². The molecule has 0 unspecified atom stereocenters. The van der Waals surface area contributed by atoms with Crippen molar-refractivity contribution in [3.05, 3.63) is 28.2 Å². The second kappa shape index (κ2) is 7.11. The zero-order chi connectivity index (χ0) is 15.4. The number of aliphatic carboxylic acids is 1. The predicted molar refractivity (Wildman–Crippen MR) is 79.8 cm³/mol. The summed E-state index contributed by atoms with van der Waals surface area (Å²) < 4.78 is 5.45. The first-order valence-corrected chi connectivity index (χ1v) is 7.32. The Balaban J connectivity index is 2.13. The van der Waals surface area contributed by atoms with E-state index >= 15 is 0 Å². The zero-order valence-corrected chi connectivity index (χ0v) is 12.7. The molecule has 1 saturated heterocycles. The van der Waals surface area contributed by atoms with Crippen LogP contribution in [0.1, 0.15) is 19.3 Å². The third-order valence-electron chi connectivity index (χ3n) is 3.33. The van der Waals surface area contributed by atoms with Gasteiger partial charge in [0.15, 0.2) is 0 Å². The first-order chi connectivity index (χ1) is 9.97. The number of anilines is 1. The van der Waals surface area contributed by atoms with Gasteiger partial charge in [-0.05, 0) is 31.0 Å². The Morgan fingerprint density at radius 2 is 2.19 bits per heavy atom. The van der Waals surface area contributed by atoms with Gasteiger partial charge in [0.05, 0.1) is 29.2 Å². The van der Waals surface area contributed by atoms with Crippen LogP contribution in [0.15, 0.2) is 18.2 Å². The summed E-state index contributed by atoms with van der Waals surface area (Å²) in [4.78, 5) is 23.3. The van der Waals surface area contributed by atoms with Crippen LogP contribution >= 0.6 is 23.2 Å². The Kier molecular flexibility index (Phi) is 5.45. The van der Waals surface area contributed by atoms with E-state index in [9.17, 15) is 9.59 Å². The molecule has 0 spiro atoms. The van der Waals surface area contributed by atoms with Crippen LogP contribution in [-0.2, 0) is 14.3 Å². The van der Waals surface area contributed by atoms with Crippen LogP contribution in [0.3, 0.4) is 0 Å². The molecule has 2 rings (SSSR count). The van der Waals surface area contributed by atoms with Gasteiger partial charge >= 0.3 is 5.97 Å². The number of benzene rings is 1. The Bertz CT molecular complexity index is 544. The zero-order valence-electron chi connectivity index (χ0n) is 11.1. The van der Waals surface area contributed by atoms with Gasteiger partial charge in [-0.1, -0.05) is 23.2 Å². The number of nitrogens with one attached hydrogen (secondary N) is 1. The topological polar surface area (TPSA) is 75.6 Å². The number of amides is 1. The number of carbonyl (C=O) groups excluding carboxylic acids is 1. The van der Waals surface area contributed by atoms with Crippen molar-refractivity contribution in [1.29, 1.82) is 0 Å². The molecular weight excluding hydrogens is 317 g/mol. The minimum absolute atomic E-state index is 0.283. The van der Waals surface area contributed by atoms with Crippen LogP contribution in [0.5, 0.6) is 0 Å². The highest BCUT2D eigenvalue weighted by molar-refractivity contribution is 6.35. The standard InChI is InChI=1S/C14H15Cl2NO4/c15-8-3-4-10(16)11(6-8)17-14(20)9(7-13(18)19)12-2-1-5-21-12/h3-4,6,9,12H,1-2,5,7H2,(H,17,20)(H,18,19)/t9-,12+/m0/s1. The molecule has 0 aliphatic carbocycles. The van der Waals surface area contributed by atoms with E-state index < -0.39 is 17.8 Å². The quantitative estimate of drug-likeness (QED) is 0.868. The number of ether oxygens (including phenoxy) is 1. The predicted octanol–water partition coefficient (Wildman–Crippen LogP) is 3.20. The highest BCUT2D eigenvalue weighted by Gasteiger charge is 2.33. The molecule has 2 N–H and O–H groups in total. The second-order valence-electron chi connectivity index (χ2n) is 4.87. The highest BCUT2D eigenvalue weighted by Crippen LogP contribution is 2.28. The van der Waals surface area contributed by atoms with Gasteiger partial charge in [0.2, 0.25) is 5.91 Å². The minimum Gasteiger partial charge on any atom is -0.481 e. The van der Waals surface area contributed by atoms with Gasteiger partial charge in [0.25, 0.3) is 0 Å². The maximum absolute atomic E-state index is 12.3. The minimum atomic E-state index is -1.04. The monoisotopic (exact) mass is 331 g/mol. The normalized spacial score (nSPS) is 19.2. The molecular formula is C14H15Cl2NO4. The molecule has 0 bridgehead atoms. The smallest absolute Gasteiger partial charge is 0.304 e. The fourth-order valence-corrected chi connectivity index (χ4v) is 2.66. The van der Waals surface area contributed by atoms with E-state index in [1.54, 1.807) is 12.1 Å². The van der Waals surface area contributed by atoms with Crippen LogP contribution in [0, 0.1) is 5.92 Å². The van der Waals surface area contributed by atoms with Gasteiger partial charge < -0.3 is 15.2 Å². The van der Waals surface area contributed by atoms with E-state index in [1.807, 2.05) is 0 Å². The number of rotatable bonds is 5. The molecule has 1 aromatic carbocycles. The Labute approximate surface area is 132 Å². The molecule has 1 aliphatic heterocycles. The Morgan fingerprint density at radius 3 is 2.81 bits per heavy atom. The van der Waals surface area contributed by atoms with Crippen LogP contribution in [0.4, 0.5) is 5.69 Å². The summed E-state index contributed by atoms with van der Waals surface area (Å²) in [5.41, 5.74) is 0.363. The van der Waals surface area contributed by atoms with E-state index in [0.717, 1.165) is 6.42 Å². The lowest BCUT2D eigenvalue weighted by Gasteiger charge is -2.21. The molecule has 0 saturated carbocycles. The number of carboxylic acids is 1. The van der Waals surface area contributed by atoms with Crippen molar-refractivity contribution in [3.63, 3.8) is 0 Å². The van der Waals surface area contributed by atoms with Gasteiger partial charge in [-0.15, -0.1) is 0 Å². The maximum atomic E-state index is 12.3. The van der Waals surface area contributed by atoms with E-state index in [1.165, 1.54) is 6.07 Å². The molecule has 5 nitrogen and oxygen atoms in total. The van der Waals surface area contributed by atoms with E-state index in [0.29, 0.717) is 28.8 Å². The van der Waals surface area contributed by atoms with E-state index in [2.05, 4.69) is 5.32 Å². The average molecular weight is 332 g/mol. The molecule has 2 atom stereocenters. The average Bonchev–Trinajstić information content (AvgIpc) is 2.93. The molecule has 21 heavy (non-hydrogen) atoms. The molecule has 1 fully saturated rings. The summed E-state index contributed by atoms with van der Waals surface area (Å²) >= 11 is 11.9. The van der Waals surface area contributed by atoms with Crippen LogP contribution in [0.25, 0.3) is 0 Å². The third-order valence-corrected chi connectivity index (χ3v) is 3.90. The van der Waals surface area contributed by atoms with Gasteiger partial charge in [-0.3, -0.25) is 9.59 Å². The van der Waals surface area contributed by atoms with E-state index in [-0.39, 0.29) is 12.5 Å². The van der Waals surface area contributed by atoms with Crippen molar-refractivity contribution in [3.8, 4) is 0 Å². The summed E-state index contributed by atoms with van der Waals surface area (Å²) in [6.45, 7) is 0.548. The first-order valence-electron chi connectivity index (χ1n) is 6.56. The van der Waals surface area contributed by atoms with Gasteiger partial charge in [0.1, 0.15) is 0 Å². The number of hydrogen-bond acceptors (Lipinski definition) is 3. The molecule has 1 heterocycles. The fourth-order valence-electron chi connectivity index (χ4n) is 2.32. The summed E-state index contributed by atoms with van der Waals surface area (Å²) in [6.07, 6.45) is 0.842. The largest absolute Gasteiger partial charge is 0.481 e. The lowest BCUT2D eigenvalue weighted by molar-refractivity contribution is -0.142. The van der Waals surface area contributed by atoms with Crippen molar-refractivity contribution in [2.24, 2.45) is 5.92 Å². The second-order valence-corrected chi connectivity index (χ2v) is 5.71. The lowest BCUT2D eigenvalue weighted by Crippen LogP contribution is -2.34. The molecule has 1 aliphatic rings. The van der Waals surface area contributed by atoms with Gasteiger partial charge in [0, 0.05) is 11.6 Å². The van der Waals surface area contributed by atoms with Gasteiger partial charge in [-0.2, -0.15) is 0 Å². The molecule has 1 aromatic rings. The summed E-state index contributed by atoms with van der Waals surface area (Å²) in [6, 6.07) is 4.70. The van der Waals surface area contributed by atoms with E-state index in [4.69, 9.17) is 33.0 Å². The molecule has 0 aromatic heterocycles. The van der Waals surface area contributed by atoms with Crippen LogP contribution in [0.2, 0.25) is 10.0 Å². The van der Waals surface area contributed by atoms with Crippen molar-refractivity contribution in [2.75, 3.05) is 11.9 Å². The third kappa shape index (κ3) is 4.33. The van der Waals surface area contributed by atoms with Crippen LogP contribution < -0.4 is 5.32 Å². The molecule has 0 radical (unpaired) electrons. The first kappa shape index (κ1) is 16.1. The molecule has 1 amide bonds. The SMILES string of the molecule is O=C(O)C[C@H](C(=O)Nc1cc(Cl)ccc1Cl)[C@H]1CCCO1. The number of carbonyl (C=O) groups is 2. The fraction of sp³-hybridized carbons (Fsp3) is 0.429. The number of carboxylic acid groups (broad SMARTS) is 1. The Morgan fingerprint density at radius 1 is 1.43 bits per heavy atom. The molecule has 7 heteroatoms. The number of hydrogen-bond donors (Lipinski definition) is 2. The number of halogens is 2. The Hall–Kier alpha value is -1.30. The summed E-state index contributed by atoms with van der Waals surface area (Å²) in [7, 11) is 0.